The first-order chi connectivity index (χ1) is 8.61. The van der Waals surface area contributed by atoms with Gasteiger partial charge in [-0.15, -0.1) is 0 Å². The summed E-state index contributed by atoms with van der Waals surface area (Å²) < 4.78 is 40.3. The van der Waals surface area contributed by atoms with E-state index in [1.54, 1.807) is 4.90 Å². The molecular weight excluding hydrogens is 265 g/mol. The molecule has 0 spiro atoms. The van der Waals surface area contributed by atoms with Crippen LogP contribution < -0.4 is 5.32 Å². The molecule has 1 atom stereocenters. The molecule has 0 radical (unpaired) electrons. The van der Waals surface area contributed by atoms with Gasteiger partial charge >= 0.3 is 0 Å². The molecule has 1 fully saturated rings. The Hall–Kier alpha value is -0.780. The molecule has 0 bridgehead atoms. The van der Waals surface area contributed by atoms with Crippen LogP contribution in [-0.4, -0.2) is 37.5 Å². The highest BCUT2D eigenvalue weighted by Crippen LogP contribution is 2.32. The van der Waals surface area contributed by atoms with Gasteiger partial charge in [0, 0.05) is 31.7 Å². The Morgan fingerprint density at radius 3 is 2.50 bits per heavy atom. The van der Waals surface area contributed by atoms with Gasteiger partial charge < -0.3 is 5.32 Å². The predicted octanol–water partition coefficient (Wildman–Crippen LogP) is 2.69. The second-order valence-electron chi connectivity index (χ2n) is 4.21. The Balaban J connectivity index is 2.31. The van der Waals surface area contributed by atoms with Crippen molar-refractivity contribution in [3.8, 4) is 0 Å². The fourth-order valence-electron chi connectivity index (χ4n) is 2.20. The molecule has 1 saturated heterocycles. The number of hydrogen-bond acceptors (Lipinski definition) is 2. The van der Waals surface area contributed by atoms with Crippen LogP contribution in [0.3, 0.4) is 0 Å². The monoisotopic (exact) mass is 278 g/mol. The van der Waals surface area contributed by atoms with Gasteiger partial charge in [0.1, 0.15) is 5.82 Å². The van der Waals surface area contributed by atoms with Crippen LogP contribution in [0.5, 0.6) is 0 Å². The number of benzene rings is 1. The van der Waals surface area contributed by atoms with Crippen molar-refractivity contribution in [1.29, 1.82) is 0 Å². The van der Waals surface area contributed by atoms with Crippen molar-refractivity contribution in [3.63, 3.8) is 0 Å². The average molecular weight is 279 g/mol. The van der Waals surface area contributed by atoms with E-state index in [9.17, 15) is 13.2 Å². The molecule has 1 aliphatic heterocycles. The third kappa shape index (κ3) is 2.79. The maximum Gasteiger partial charge on any atom is 0.258 e. The van der Waals surface area contributed by atoms with E-state index in [0.717, 1.165) is 0 Å². The molecule has 100 valence electrons. The minimum atomic E-state index is -2.64. The Kier molecular flexibility index (Phi) is 4.48. The van der Waals surface area contributed by atoms with Crippen molar-refractivity contribution in [2.75, 3.05) is 26.2 Å². The minimum Gasteiger partial charge on any atom is -0.314 e. The fourth-order valence-corrected chi connectivity index (χ4v) is 2.38. The summed E-state index contributed by atoms with van der Waals surface area (Å²) in [6.07, 6.45) is -2.64. The summed E-state index contributed by atoms with van der Waals surface area (Å²) in [7, 11) is 0. The number of nitrogens with zero attached hydrogens (tertiary/aromatic N) is 1. The maximum atomic E-state index is 13.9. The number of nitrogens with one attached hydrogen (secondary N) is 1. The van der Waals surface area contributed by atoms with Crippen molar-refractivity contribution < 1.29 is 13.2 Å². The van der Waals surface area contributed by atoms with Gasteiger partial charge in [-0.25, -0.2) is 13.2 Å². The van der Waals surface area contributed by atoms with Crippen LogP contribution in [0.1, 0.15) is 11.6 Å². The summed E-state index contributed by atoms with van der Waals surface area (Å²) in [6, 6.07) is 3.00. The van der Waals surface area contributed by atoms with Gasteiger partial charge in [0.2, 0.25) is 0 Å². The van der Waals surface area contributed by atoms with Gasteiger partial charge in [0.25, 0.3) is 6.43 Å². The van der Waals surface area contributed by atoms with Gasteiger partial charge in [-0.05, 0) is 6.07 Å². The number of rotatable bonds is 3. The fraction of sp³-hybridized carbons (Fsp3) is 0.500. The molecule has 1 aliphatic rings. The van der Waals surface area contributed by atoms with Gasteiger partial charge in [0.05, 0.1) is 11.1 Å². The van der Waals surface area contributed by atoms with Crippen LogP contribution in [-0.2, 0) is 0 Å². The first-order valence-corrected chi connectivity index (χ1v) is 6.16. The second kappa shape index (κ2) is 5.91. The summed E-state index contributed by atoms with van der Waals surface area (Å²) in [5, 5.41) is 2.96. The third-order valence-electron chi connectivity index (χ3n) is 3.08. The summed E-state index contributed by atoms with van der Waals surface area (Å²) >= 11 is 5.65. The SMILES string of the molecule is Fc1c(Cl)cccc1[C@H](C(F)F)N1CCNCC1. The normalized spacial score (nSPS) is 19.2. The van der Waals surface area contributed by atoms with E-state index in [0.29, 0.717) is 26.2 Å². The van der Waals surface area contributed by atoms with Crippen LogP contribution >= 0.6 is 11.6 Å². The van der Waals surface area contributed by atoms with E-state index < -0.39 is 18.3 Å². The van der Waals surface area contributed by atoms with Crippen LogP contribution in [0, 0.1) is 5.82 Å². The van der Waals surface area contributed by atoms with E-state index >= 15 is 0 Å². The first-order valence-electron chi connectivity index (χ1n) is 5.78. The summed E-state index contributed by atoms with van der Waals surface area (Å²) in [5.41, 5.74) is -0.0283. The number of piperazine rings is 1. The lowest BCUT2D eigenvalue weighted by atomic mass is 10.0. The summed E-state index contributed by atoms with van der Waals surface area (Å²) in [5.74, 6) is -0.747. The smallest absolute Gasteiger partial charge is 0.258 e. The van der Waals surface area contributed by atoms with Crippen molar-refractivity contribution in [1.82, 2.24) is 10.2 Å². The van der Waals surface area contributed by atoms with Gasteiger partial charge in [-0.1, -0.05) is 23.7 Å². The van der Waals surface area contributed by atoms with Crippen LogP contribution in [0.15, 0.2) is 18.2 Å². The Morgan fingerprint density at radius 2 is 1.89 bits per heavy atom. The first kappa shape index (κ1) is 13.6. The molecule has 18 heavy (non-hydrogen) atoms. The van der Waals surface area contributed by atoms with E-state index in [-0.39, 0.29) is 10.6 Å². The standard InChI is InChI=1S/C12H14ClF3N2/c13-9-3-1-2-8(10(9)14)11(12(15)16)18-6-4-17-5-7-18/h1-3,11-12,17H,4-7H2/t11-/m1/s1. The van der Waals surface area contributed by atoms with Crippen molar-refractivity contribution in [3.05, 3.63) is 34.6 Å². The van der Waals surface area contributed by atoms with E-state index in [1.807, 2.05) is 0 Å². The lowest BCUT2D eigenvalue weighted by molar-refractivity contribution is 0.0164. The van der Waals surface area contributed by atoms with Gasteiger partial charge in [-0.3, -0.25) is 4.90 Å². The summed E-state index contributed by atoms with van der Waals surface area (Å²) in [4.78, 5) is 1.59. The van der Waals surface area contributed by atoms with Crippen molar-refractivity contribution >= 4 is 11.6 Å². The van der Waals surface area contributed by atoms with Gasteiger partial charge in [-0.2, -0.15) is 0 Å². The van der Waals surface area contributed by atoms with Crippen molar-refractivity contribution in [2.45, 2.75) is 12.5 Å². The van der Waals surface area contributed by atoms with E-state index in [2.05, 4.69) is 5.32 Å². The Morgan fingerprint density at radius 1 is 1.22 bits per heavy atom. The van der Waals surface area contributed by atoms with Crippen LogP contribution in [0.4, 0.5) is 13.2 Å². The molecule has 1 N–H and O–H groups in total. The lowest BCUT2D eigenvalue weighted by Crippen LogP contribution is -2.47. The molecule has 6 heteroatoms. The molecule has 2 rings (SSSR count). The average Bonchev–Trinajstić information content (AvgIpc) is 2.36. The summed E-state index contributed by atoms with van der Waals surface area (Å²) in [6.45, 7) is 2.21. The molecular formula is C12H14ClF3N2. The Labute approximate surface area is 109 Å². The quantitative estimate of drug-likeness (QED) is 0.914. The molecule has 0 saturated carbocycles. The van der Waals surface area contributed by atoms with E-state index in [1.165, 1.54) is 18.2 Å². The number of halogens is 4. The molecule has 1 aromatic rings. The van der Waals surface area contributed by atoms with E-state index in [4.69, 9.17) is 11.6 Å². The topological polar surface area (TPSA) is 15.3 Å². The zero-order chi connectivity index (χ0) is 13.1. The highest BCUT2D eigenvalue weighted by molar-refractivity contribution is 6.30. The molecule has 0 aliphatic carbocycles. The second-order valence-corrected chi connectivity index (χ2v) is 4.62. The molecule has 0 unspecified atom stereocenters. The Bertz CT molecular complexity index is 408. The lowest BCUT2D eigenvalue weighted by Gasteiger charge is -2.34. The third-order valence-corrected chi connectivity index (χ3v) is 3.38. The van der Waals surface area contributed by atoms with Crippen molar-refractivity contribution in [2.24, 2.45) is 0 Å². The minimum absolute atomic E-state index is 0.0283. The predicted molar refractivity (Wildman–Crippen MR) is 64.6 cm³/mol. The molecule has 1 heterocycles. The maximum absolute atomic E-state index is 13.9. The molecule has 0 amide bonds. The van der Waals surface area contributed by atoms with Gasteiger partial charge in [0.15, 0.2) is 0 Å². The molecule has 1 aromatic carbocycles. The largest absolute Gasteiger partial charge is 0.314 e. The van der Waals surface area contributed by atoms with Crippen LogP contribution in [0.2, 0.25) is 5.02 Å². The molecule has 0 aromatic heterocycles. The van der Waals surface area contributed by atoms with Crippen LogP contribution in [0.25, 0.3) is 0 Å². The number of alkyl halides is 2. The highest BCUT2D eigenvalue weighted by atomic mass is 35.5. The number of hydrogen-bond donors (Lipinski definition) is 1. The highest BCUT2D eigenvalue weighted by Gasteiger charge is 2.32. The zero-order valence-electron chi connectivity index (χ0n) is 9.67. The zero-order valence-corrected chi connectivity index (χ0v) is 10.4. The molecule has 2 nitrogen and oxygen atoms in total.